The number of hydrogen-bond acceptors (Lipinski definition) is 1. The zero-order chi connectivity index (χ0) is 14.0. The van der Waals surface area contributed by atoms with E-state index in [0.717, 1.165) is 24.5 Å². The second-order valence-corrected chi connectivity index (χ2v) is 8.17. The molecule has 0 saturated carbocycles. The van der Waals surface area contributed by atoms with Gasteiger partial charge in [0, 0.05) is 18.6 Å². The Morgan fingerprint density at radius 2 is 1.79 bits per heavy atom. The number of piperidine rings is 1. The predicted molar refractivity (Wildman–Crippen MR) is 87.2 cm³/mol. The topological polar surface area (TPSA) is 3.24 Å². The van der Waals surface area contributed by atoms with Crippen LogP contribution in [0.2, 0.25) is 5.31 Å². The summed E-state index contributed by atoms with van der Waals surface area (Å²) in [6.45, 7) is 14.8. The van der Waals surface area contributed by atoms with E-state index in [1.165, 1.54) is 51.3 Å². The third kappa shape index (κ3) is 4.11. The van der Waals surface area contributed by atoms with E-state index in [0.29, 0.717) is 5.31 Å². The van der Waals surface area contributed by atoms with Gasteiger partial charge >= 0.3 is 0 Å². The lowest BCUT2D eigenvalue weighted by Crippen LogP contribution is -2.44. The molecule has 2 fully saturated rings. The Morgan fingerprint density at radius 3 is 2.26 bits per heavy atom. The second kappa shape index (κ2) is 6.03. The number of nitrogens with zero attached hydrogens (tertiary/aromatic N) is 1. The fraction of sp³-hybridized carbons (Fsp3) is 0.882. The lowest BCUT2D eigenvalue weighted by Gasteiger charge is -2.40. The number of rotatable bonds is 5. The molecule has 2 atom stereocenters. The summed E-state index contributed by atoms with van der Waals surface area (Å²) in [6.07, 6.45) is 8.59. The van der Waals surface area contributed by atoms with Gasteiger partial charge in [-0.15, -0.1) is 6.58 Å². The molecule has 2 rings (SSSR count). The molecule has 19 heavy (non-hydrogen) atoms. The molecule has 0 radical (unpaired) electrons. The molecule has 2 saturated heterocycles. The molecular weight excluding hydrogens is 229 g/mol. The Morgan fingerprint density at radius 1 is 1.21 bits per heavy atom. The highest BCUT2D eigenvalue weighted by Gasteiger charge is 2.40. The Balaban J connectivity index is 1.88. The minimum absolute atomic E-state index is 0.386. The molecule has 2 bridgehead atoms. The Labute approximate surface area is 121 Å². The summed E-state index contributed by atoms with van der Waals surface area (Å²) in [6, 6.07) is 1.74. The average Bonchev–Trinajstić information content (AvgIpc) is 2.51. The van der Waals surface area contributed by atoms with Gasteiger partial charge in [-0.1, -0.05) is 51.3 Å². The molecule has 0 N–H and O–H groups in total. The molecule has 1 nitrogen and oxygen atoms in total. The third-order valence-electron chi connectivity index (χ3n) is 4.87. The highest BCUT2D eigenvalue weighted by Crippen LogP contribution is 2.40. The molecule has 2 unspecified atom stereocenters. The fourth-order valence-corrected chi connectivity index (χ4v) is 4.35. The van der Waals surface area contributed by atoms with Crippen molar-refractivity contribution >= 4 is 7.28 Å². The smallest absolute Gasteiger partial charge is 0.158 e. The molecule has 0 aliphatic carbocycles. The van der Waals surface area contributed by atoms with E-state index in [2.05, 4.69) is 39.2 Å². The first-order chi connectivity index (χ1) is 8.89. The van der Waals surface area contributed by atoms with Crippen LogP contribution < -0.4 is 0 Å². The second-order valence-electron chi connectivity index (χ2n) is 8.17. The Kier molecular flexibility index (Phi) is 4.81. The normalized spacial score (nSPS) is 31.5. The van der Waals surface area contributed by atoms with Crippen molar-refractivity contribution in [1.82, 2.24) is 4.90 Å². The van der Waals surface area contributed by atoms with Crippen LogP contribution in [0.5, 0.6) is 0 Å². The zero-order valence-electron chi connectivity index (χ0n) is 13.5. The molecule has 0 aromatic rings. The highest BCUT2D eigenvalue weighted by molar-refractivity contribution is 6.48. The van der Waals surface area contributed by atoms with Gasteiger partial charge in [0.15, 0.2) is 7.28 Å². The van der Waals surface area contributed by atoms with Gasteiger partial charge in [-0.05, 0) is 31.6 Å². The third-order valence-corrected chi connectivity index (χ3v) is 4.87. The molecule has 108 valence electrons. The van der Waals surface area contributed by atoms with Gasteiger partial charge in [-0.25, -0.2) is 0 Å². The summed E-state index contributed by atoms with van der Waals surface area (Å²) in [5, 5.41) is 0.386. The van der Waals surface area contributed by atoms with Crippen molar-refractivity contribution in [2.45, 2.75) is 83.6 Å². The SMILES string of the molecule is C=C(BC(C)(C)C)CN1C2CCC1CC(CCC)C2. The van der Waals surface area contributed by atoms with Crippen molar-refractivity contribution < 1.29 is 0 Å². The van der Waals surface area contributed by atoms with E-state index in [9.17, 15) is 0 Å². The van der Waals surface area contributed by atoms with Crippen molar-refractivity contribution in [1.29, 1.82) is 0 Å². The minimum Gasteiger partial charge on any atom is -0.294 e. The van der Waals surface area contributed by atoms with Crippen LogP contribution in [0.25, 0.3) is 0 Å². The maximum absolute atomic E-state index is 4.34. The number of fused-ring (bicyclic) bond motifs is 2. The first-order valence-electron chi connectivity index (χ1n) is 8.31. The molecule has 2 heterocycles. The van der Waals surface area contributed by atoms with Gasteiger partial charge < -0.3 is 0 Å². The van der Waals surface area contributed by atoms with Gasteiger partial charge in [0.25, 0.3) is 0 Å². The van der Waals surface area contributed by atoms with Gasteiger partial charge in [-0.3, -0.25) is 4.90 Å². The first kappa shape index (κ1) is 15.2. The van der Waals surface area contributed by atoms with Crippen LogP contribution in [0.1, 0.15) is 66.2 Å². The largest absolute Gasteiger partial charge is 0.294 e. The molecular formula is C17H32BN. The van der Waals surface area contributed by atoms with Crippen LogP contribution in [0.4, 0.5) is 0 Å². The molecule has 2 aliphatic heterocycles. The maximum Gasteiger partial charge on any atom is 0.158 e. The van der Waals surface area contributed by atoms with Crippen LogP contribution in [-0.4, -0.2) is 30.8 Å². The van der Waals surface area contributed by atoms with E-state index in [-0.39, 0.29) is 0 Å². The van der Waals surface area contributed by atoms with Crippen molar-refractivity contribution in [3.05, 3.63) is 12.1 Å². The van der Waals surface area contributed by atoms with Crippen molar-refractivity contribution in [3.63, 3.8) is 0 Å². The molecule has 2 aliphatic rings. The van der Waals surface area contributed by atoms with E-state index in [1.54, 1.807) is 0 Å². The standard InChI is InChI=1S/C17H32BN/c1-6-7-14-10-15-8-9-16(11-14)19(15)12-13(2)18-17(3,4)5/h14-16,18H,2,6-12H2,1,3-5H3. The van der Waals surface area contributed by atoms with Crippen LogP contribution in [0, 0.1) is 5.92 Å². The monoisotopic (exact) mass is 261 g/mol. The van der Waals surface area contributed by atoms with E-state index < -0.39 is 0 Å². The summed E-state index contributed by atoms with van der Waals surface area (Å²) < 4.78 is 0. The summed E-state index contributed by atoms with van der Waals surface area (Å²) in [4.78, 5) is 2.79. The van der Waals surface area contributed by atoms with Crippen LogP contribution >= 0.6 is 0 Å². The highest BCUT2D eigenvalue weighted by atomic mass is 15.2. The lowest BCUT2D eigenvalue weighted by atomic mass is 9.51. The van der Waals surface area contributed by atoms with Crippen molar-refractivity contribution in [2.75, 3.05) is 6.54 Å². The van der Waals surface area contributed by atoms with E-state index in [4.69, 9.17) is 0 Å². The van der Waals surface area contributed by atoms with Crippen molar-refractivity contribution in [3.8, 4) is 0 Å². The van der Waals surface area contributed by atoms with Crippen molar-refractivity contribution in [2.24, 2.45) is 5.92 Å². The fourth-order valence-electron chi connectivity index (χ4n) is 4.35. The summed E-state index contributed by atoms with van der Waals surface area (Å²) in [5.41, 5.74) is 1.44. The molecule has 0 amide bonds. The minimum atomic E-state index is 0.386. The van der Waals surface area contributed by atoms with Gasteiger partial charge in [0.2, 0.25) is 0 Å². The van der Waals surface area contributed by atoms with Crippen LogP contribution in [0.3, 0.4) is 0 Å². The summed E-state index contributed by atoms with van der Waals surface area (Å²) in [7, 11) is 1.17. The Bertz CT molecular complexity index is 304. The quantitative estimate of drug-likeness (QED) is 0.670. The number of hydrogen-bond donors (Lipinski definition) is 0. The molecule has 0 aromatic carbocycles. The summed E-state index contributed by atoms with van der Waals surface area (Å²) in [5.74, 6) is 1.01. The van der Waals surface area contributed by atoms with Gasteiger partial charge in [0.1, 0.15) is 0 Å². The first-order valence-corrected chi connectivity index (χ1v) is 8.31. The van der Waals surface area contributed by atoms with E-state index in [1.807, 2.05) is 0 Å². The average molecular weight is 261 g/mol. The molecule has 0 aromatic heterocycles. The lowest BCUT2D eigenvalue weighted by molar-refractivity contribution is 0.112. The van der Waals surface area contributed by atoms with Gasteiger partial charge in [0.05, 0.1) is 0 Å². The molecule has 0 spiro atoms. The Hall–Kier alpha value is -0.235. The van der Waals surface area contributed by atoms with Gasteiger partial charge in [-0.2, -0.15) is 0 Å². The van der Waals surface area contributed by atoms with Crippen LogP contribution in [0.15, 0.2) is 12.1 Å². The van der Waals surface area contributed by atoms with E-state index >= 15 is 0 Å². The predicted octanol–water partition coefficient (Wildman–Crippen LogP) is 4.20. The summed E-state index contributed by atoms with van der Waals surface area (Å²) >= 11 is 0. The molecule has 2 heteroatoms. The van der Waals surface area contributed by atoms with Crippen LogP contribution in [-0.2, 0) is 0 Å². The zero-order valence-corrected chi connectivity index (χ0v) is 13.5. The maximum atomic E-state index is 4.34.